The molecule has 0 radical (unpaired) electrons. The zero-order chi connectivity index (χ0) is 19.0. The Kier molecular flexibility index (Phi) is 4.59. The van der Waals surface area contributed by atoms with E-state index in [9.17, 15) is 4.79 Å². The molecule has 0 aliphatic rings. The maximum Gasteiger partial charge on any atom is 0.265 e. The number of methoxy groups -OCH3 is 1. The molecule has 1 amide bonds. The Balaban J connectivity index is 1.71. The number of ether oxygens (including phenoxy) is 1. The predicted octanol–water partition coefficient (Wildman–Crippen LogP) is 5.22. The molecule has 4 aromatic rings. The van der Waals surface area contributed by atoms with Crippen LogP contribution in [-0.4, -0.2) is 22.8 Å². The van der Waals surface area contributed by atoms with Gasteiger partial charge in [0, 0.05) is 28.7 Å². The van der Waals surface area contributed by atoms with Crippen LogP contribution in [0.15, 0.2) is 54.6 Å². The van der Waals surface area contributed by atoms with Crippen LogP contribution < -0.4 is 10.1 Å². The standard InChI is InChI=1S/C20H16ClN3O2S/c1-24-20-16(18(23-24)12-5-3-8-15(9-12)26-2)11-17(27-20)19(25)22-14-7-4-6-13(21)10-14/h3-11H,1-2H3,(H,22,25). The zero-order valence-corrected chi connectivity index (χ0v) is 16.3. The summed E-state index contributed by atoms with van der Waals surface area (Å²) in [6.07, 6.45) is 0. The van der Waals surface area contributed by atoms with Gasteiger partial charge in [0.05, 0.1) is 12.0 Å². The highest BCUT2D eigenvalue weighted by atomic mass is 35.5. The van der Waals surface area contributed by atoms with Gasteiger partial charge in [0.15, 0.2) is 0 Å². The molecule has 0 aliphatic heterocycles. The molecule has 0 atom stereocenters. The van der Waals surface area contributed by atoms with Gasteiger partial charge in [0.25, 0.3) is 5.91 Å². The number of fused-ring (bicyclic) bond motifs is 1. The van der Waals surface area contributed by atoms with Crippen LogP contribution in [0.3, 0.4) is 0 Å². The highest BCUT2D eigenvalue weighted by Crippen LogP contribution is 2.35. The minimum atomic E-state index is -0.171. The average molecular weight is 398 g/mol. The second kappa shape index (κ2) is 7.06. The Bertz CT molecular complexity index is 1150. The van der Waals surface area contributed by atoms with E-state index in [4.69, 9.17) is 16.3 Å². The Morgan fingerprint density at radius 1 is 1.19 bits per heavy atom. The number of rotatable bonds is 4. The maximum absolute atomic E-state index is 12.7. The molecule has 27 heavy (non-hydrogen) atoms. The maximum atomic E-state index is 12.7. The molecule has 136 valence electrons. The molecule has 0 saturated carbocycles. The van der Waals surface area contributed by atoms with Gasteiger partial charge in [-0.25, -0.2) is 0 Å². The quantitative estimate of drug-likeness (QED) is 0.513. The molecule has 0 unspecified atom stereocenters. The number of carbonyl (C=O) groups excluding carboxylic acids is 1. The van der Waals surface area contributed by atoms with Gasteiger partial charge in [-0.05, 0) is 36.4 Å². The SMILES string of the molecule is COc1cccc(-c2nn(C)c3sc(C(=O)Nc4cccc(Cl)c4)cc23)c1. The summed E-state index contributed by atoms with van der Waals surface area (Å²) in [4.78, 5) is 14.2. The number of hydrogen-bond donors (Lipinski definition) is 1. The van der Waals surface area contributed by atoms with E-state index >= 15 is 0 Å². The number of amides is 1. The van der Waals surface area contributed by atoms with Crippen molar-refractivity contribution in [2.45, 2.75) is 0 Å². The lowest BCUT2D eigenvalue weighted by Gasteiger charge is -2.04. The minimum Gasteiger partial charge on any atom is -0.497 e. The molecular weight excluding hydrogens is 382 g/mol. The zero-order valence-electron chi connectivity index (χ0n) is 14.7. The van der Waals surface area contributed by atoms with Crippen LogP contribution in [0.1, 0.15) is 9.67 Å². The summed E-state index contributed by atoms with van der Waals surface area (Å²) >= 11 is 7.39. The second-order valence-corrected chi connectivity index (χ2v) is 7.47. The number of halogens is 1. The van der Waals surface area contributed by atoms with Gasteiger partial charge in [-0.3, -0.25) is 9.48 Å². The number of aromatic nitrogens is 2. The van der Waals surface area contributed by atoms with Gasteiger partial charge in [0.2, 0.25) is 0 Å². The largest absolute Gasteiger partial charge is 0.497 e. The minimum absolute atomic E-state index is 0.171. The lowest BCUT2D eigenvalue weighted by molar-refractivity contribution is 0.103. The summed E-state index contributed by atoms with van der Waals surface area (Å²) in [6.45, 7) is 0. The van der Waals surface area contributed by atoms with Gasteiger partial charge in [-0.15, -0.1) is 11.3 Å². The number of aryl methyl sites for hydroxylation is 1. The summed E-state index contributed by atoms with van der Waals surface area (Å²) in [5, 5.41) is 9.01. The van der Waals surface area contributed by atoms with Crippen LogP contribution in [0.2, 0.25) is 5.02 Å². The van der Waals surface area contributed by atoms with Crippen molar-refractivity contribution in [1.82, 2.24) is 9.78 Å². The fourth-order valence-corrected chi connectivity index (χ4v) is 4.05. The first-order valence-electron chi connectivity index (χ1n) is 8.23. The summed E-state index contributed by atoms with van der Waals surface area (Å²) in [5.74, 6) is 0.593. The van der Waals surface area contributed by atoms with Crippen molar-refractivity contribution in [2.24, 2.45) is 7.05 Å². The normalized spacial score (nSPS) is 10.9. The van der Waals surface area contributed by atoms with Crippen molar-refractivity contribution in [3.05, 3.63) is 64.5 Å². The van der Waals surface area contributed by atoms with E-state index in [1.54, 1.807) is 36.1 Å². The number of thiophene rings is 1. The van der Waals surface area contributed by atoms with E-state index in [0.717, 1.165) is 27.2 Å². The molecule has 0 fully saturated rings. The van der Waals surface area contributed by atoms with Crippen LogP contribution in [-0.2, 0) is 7.05 Å². The Hall–Kier alpha value is -2.83. The molecule has 7 heteroatoms. The molecule has 2 aromatic heterocycles. The molecule has 0 spiro atoms. The molecule has 2 aromatic carbocycles. The number of anilines is 1. The second-order valence-electron chi connectivity index (χ2n) is 6.00. The third-order valence-electron chi connectivity index (χ3n) is 4.16. The van der Waals surface area contributed by atoms with E-state index in [1.165, 1.54) is 11.3 Å². The number of hydrogen-bond acceptors (Lipinski definition) is 4. The van der Waals surface area contributed by atoms with E-state index in [0.29, 0.717) is 15.6 Å². The lowest BCUT2D eigenvalue weighted by atomic mass is 10.1. The van der Waals surface area contributed by atoms with E-state index in [2.05, 4.69) is 10.4 Å². The summed E-state index contributed by atoms with van der Waals surface area (Å²) in [5.41, 5.74) is 2.43. The van der Waals surface area contributed by atoms with Crippen molar-refractivity contribution in [1.29, 1.82) is 0 Å². The first kappa shape index (κ1) is 17.6. The average Bonchev–Trinajstić information content (AvgIpc) is 3.23. The fourth-order valence-electron chi connectivity index (χ4n) is 2.90. The van der Waals surface area contributed by atoms with Gasteiger partial charge in [-0.1, -0.05) is 29.8 Å². The van der Waals surface area contributed by atoms with Crippen molar-refractivity contribution in [3.8, 4) is 17.0 Å². The summed E-state index contributed by atoms with van der Waals surface area (Å²) in [6, 6.07) is 16.7. The monoisotopic (exact) mass is 397 g/mol. The van der Waals surface area contributed by atoms with Crippen LogP contribution in [0, 0.1) is 0 Å². The van der Waals surface area contributed by atoms with Gasteiger partial charge < -0.3 is 10.1 Å². The van der Waals surface area contributed by atoms with E-state index in [1.807, 2.05) is 37.4 Å². The van der Waals surface area contributed by atoms with Crippen LogP contribution in [0.4, 0.5) is 5.69 Å². The van der Waals surface area contributed by atoms with E-state index < -0.39 is 0 Å². The molecule has 1 N–H and O–H groups in total. The predicted molar refractivity (Wildman–Crippen MR) is 110 cm³/mol. The Labute approximate surface area is 165 Å². The Morgan fingerprint density at radius 2 is 2.00 bits per heavy atom. The summed E-state index contributed by atoms with van der Waals surface area (Å²) in [7, 11) is 3.51. The molecule has 5 nitrogen and oxygen atoms in total. The van der Waals surface area contributed by atoms with Crippen molar-refractivity contribution >= 4 is 44.7 Å². The molecule has 2 heterocycles. The first-order valence-corrected chi connectivity index (χ1v) is 9.42. The van der Waals surface area contributed by atoms with Gasteiger partial charge >= 0.3 is 0 Å². The number of nitrogens with zero attached hydrogens (tertiary/aromatic N) is 2. The van der Waals surface area contributed by atoms with Gasteiger partial charge in [-0.2, -0.15) is 5.10 Å². The van der Waals surface area contributed by atoms with Crippen LogP contribution in [0.5, 0.6) is 5.75 Å². The van der Waals surface area contributed by atoms with Crippen molar-refractivity contribution < 1.29 is 9.53 Å². The third-order valence-corrected chi connectivity index (χ3v) is 5.60. The smallest absolute Gasteiger partial charge is 0.265 e. The molecule has 0 saturated heterocycles. The highest BCUT2D eigenvalue weighted by Gasteiger charge is 2.18. The van der Waals surface area contributed by atoms with E-state index in [-0.39, 0.29) is 5.91 Å². The topological polar surface area (TPSA) is 56.2 Å². The molecule has 0 bridgehead atoms. The van der Waals surface area contributed by atoms with Crippen LogP contribution in [0.25, 0.3) is 21.5 Å². The van der Waals surface area contributed by atoms with Gasteiger partial charge in [0.1, 0.15) is 16.3 Å². The van der Waals surface area contributed by atoms with Crippen molar-refractivity contribution in [2.75, 3.05) is 12.4 Å². The number of benzene rings is 2. The number of nitrogens with one attached hydrogen (secondary N) is 1. The molecule has 0 aliphatic carbocycles. The Morgan fingerprint density at radius 3 is 2.78 bits per heavy atom. The lowest BCUT2D eigenvalue weighted by Crippen LogP contribution is -2.09. The van der Waals surface area contributed by atoms with Crippen molar-refractivity contribution in [3.63, 3.8) is 0 Å². The summed E-state index contributed by atoms with van der Waals surface area (Å²) < 4.78 is 7.10. The van der Waals surface area contributed by atoms with Crippen LogP contribution >= 0.6 is 22.9 Å². The number of carbonyl (C=O) groups is 1. The fraction of sp³-hybridized carbons (Fsp3) is 0.100. The highest BCUT2D eigenvalue weighted by molar-refractivity contribution is 7.20. The first-order chi connectivity index (χ1) is 13.0. The molecule has 4 rings (SSSR count). The third kappa shape index (κ3) is 3.41. The molecular formula is C20H16ClN3O2S.